The van der Waals surface area contributed by atoms with Gasteiger partial charge in [0.05, 0.1) is 4.92 Å². The average Bonchev–Trinajstić information content (AvgIpc) is 2.48. The van der Waals surface area contributed by atoms with E-state index in [1.807, 2.05) is 6.07 Å². The lowest BCUT2D eigenvalue weighted by Crippen LogP contribution is -2.40. The molecule has 2 rings (SSSR count). The van der Waals surface area contributed by atoms with Crippen LogP contribution in [0.4, 0.5) is 11.4 Å². The molecule has 21 heavy (non-hydrogen) atoms. The van der Waals surface area contributed by atoms with Crippen LogP contribution >= 0.6 is 0 Å². The molecule has 1 saturated heterocycles. The van der Waals surface area contributed by atoms with Crippen LogP contribution in [0.3, 0.4) is 0 Å². The number of likely N-dealkylation sites (tertiary alicyclic amines) is 1. The fourth-order valence-electron chi connectivity index (χ4n) is 2.62. The van der Waals surface area contributed by atoms with Crippen molar-refractivity contribution in [3.05, 3.63) is 33.9 Å². The summed E-state index contributed by atoms with van der Waals surface area (Å²) in [5, 5.41) is 23.4. The van der Waals surface area contributed by atoms with E-state index in [1.165, 1.54) is 6.07 Å². The standard InChI is InChI=1S/C15H20N4O2/c1-15(6-8-18(2)9-7-15)11-17-13-5-3-4-12(10-16)14(13)19(20)21/h3-5,17H,6-9,11H2,1-2H3. The Labute approximate surface area is 124 Å². The Morgan fingerprint density at radius 1 is 1.48 bits per heavy atom. The van der Waals surface area contributed by atoms with E-state index in [9.17, 15) is 10.1 Å². The fourth-order valence-corrected chi connectivity index (χ4v) is 2.62. The van der Waals surface area contributed by atoms with Crippen molar-refractivity contribution in [2.45, 2.75) is 19.8 Å². The topological polar surface area (TPSA) is 82.2 Å². The van der Waals surface area contributed by atoms with Crippen molar-refractivity contribution in [1.29, 1.82) is 5.26 Å². The molecule has 0 spiro atoms. The van der Waals surface area contributed by atoms with E-state index >= 15 is 0 Å². The first-order valence-electron chi connectivity index (χ1n) is 7.05. The number of nitro benzene ring substituents is 1. The summed E-state index contributed by atoms with van der Waals surface area (Å²) < 4.78 is 0. The second-order valence-corrected chi connectivity index (χ2v) is 6.04. The van der Waals surface area contributed by atoms with Gasteiger partial charge in [-0.1, -0.05) is 13.0 Å². The lowest BCUT2D eigenvalue weighted by atomic mass is 9.80. The monoisotopic (exact) mass is 288 g/mol. The van der Waals surface area contributed by atoms with Crippen LogP contribution in [0.15, 0.2) is 18.2 Å². The van der Waals surface area contributed by atoms with E-state index < -0.39 is 4.92 Å². The van der Waals surface area contributed by atoms with Crippen LogP contribution in [-0.2, 0) is 0 Å². The van der Waals surface area contributed by atoms with Gasteiger partial charge in [0.1, 0.15) is 17.3 Å². The number of anilines is 1. The van der Waals surface area contributed by atoms with E-state index in [0.29, 0.717) is 12.2 Å². The summed E-state index contributed by atoms with van der Waals surface area (Å²) in [6.07, 6.45) is 2.12. The Kier molecular flexibility index (Phi) is 4.43. The largest absolute Gasteiger partial charge is 0.379 e. The minimum atomic E-state index is -0.488. The maximum Gasteiger partial charge on any atom is 0.309 e. The molecular weight excluding hydrogens is 268 g/mol. The normalized spacial score (nSPS) is 18.0. The number of nitriles is 1. The van der Waals surface area contributed by atoms with E-state index in [0.717, 1.165) is 25.9 Å². The molecule has 112 valence electrons. The molecule has 1 aliphatic heterocycles. The molecule has 0 amide bonds. The third-order valence-electron chi connectivity index (χ3n) is 4.24. The number of piperidine rings is 1. The Bertz CT molecular complexity index is 572. The molecule has 1 N–H and O–H groups in total. The van der Waals surface area contributed by atoms with Crippen LogP contribution in [0, 0.1) is 26.9 Å². The Balaban J connectivity index is 2.14. The van der Waals surface area contributed by atoms with Crippen LogP contribution in [0.5, 0.6) is 0 Å². The molecule has 0 unspecified atom stereocenters. The summed E-state index contributed by atoms with van der Waals surface area (Å²) >= 11 is 0. The second-order valence-electron chi connectivity index (χ2n) is 6.04. The van der Waals surface area contributed by atoms with Gasteiger partial charge in [-0.05, 0) is 50.5 Å². The first-order valence-corrected chi connectivity index (χ1v) is 7.05. The highest BCUT2D eigenvalue weighted by Gasteiger charge is 2.29. The van der Waals surface area contributed by atoms with Crippen LogP contribution < -0.4 is 5.32 Å². The van der Waals surface area contributed by atoms with Gasteiger partial charge in [-0.3, -0.25) is 10.1 Å². The van der Waals surface area contributed by atoms with Crippen molar-refractivity contribution < 1.29 is 4.92 Å². The van der Waals surface area contributed by atoms with Crippen molar-refractivity contribution >= 4 is 11.4 Å². The van der Waals surface area contributed by atoms with Crippen LogP contribution in [-0.4, -0.2) is 36.5 Å². The van der Waals surface area contributed by atoms with E-state index in [4.69, 9.17) is 5.26 Å². The Hall–Kier alpha value is -2.13. The number of hydrogen-bond acceptors (Lipinski definition) is 5. The quantitative estimate of drug-likeness (QED) is 0.680. The molecule has 0 radical (unpaired) electrons. The highest BCUT2D eigenvalue weighted by molar-refractivity contribution is 5.68. The Morgan fingerprint density at radius 2 is 2.14 bits per heavy atom. The predicted octanol–water partition coefficient (Wildman–Crippen LogP) is 2.61. The number of nitrogens with one attached hydrogen (secondary N) is 1. The van der Waals surface area contributed by atoms with Crippen molar-refractivity contribution in [3.8, 4) is 6.07 Å². The average molecular weight is 288 g/mol. The van der Waals surface area contributed by atoms with E-state index in [2.05, 4.69) is 24.2 Å². The number of para-hydroxylation sites is 1. The van der Waals surface area contributed by atoms with Gasteiger partial charge in [0.15, 0.2) is 0 Å². The van der Waals surface area contributed by atoms with Gasteiger partial charge in [-0.25, -0.2) is 0 Å². The highest BCUT2D eigenvalue weighted by Crippen LogP contribution is 2.33. The van der Waals surface area contributed by atoms with Gasteiger partial charge >= 0.3 is 5.69 Å². The number of benzene rings is 1. The van der Waals surface area contributed by atoms with E-state index in [-0.39, 0.29) is 16.7 Å². The lowest BCUT2D eigenvalue weighted by Gasteiger charge is -2.38. The molecule has 1 fully saturated rings. The van der Waals surface area contributed by atoms with E-state index in [1.54, 1.807) is 12.1 Å². The maximum atomic E-state index is 11.2. The highest BCUT2D eigenvalue weighted by atomic mass is 16.6. The molecule has 1 aromatic rings. The molecule has 1 heterocycles. The molecule has 0 bridgehead atoms. The molecule has 0 aliphatic carbocycles. The minimum absolute atomic E-state index is 0.0959. The Morgan fingerprint density at radius 3 is 2.71 bits per heavy atom. The number of nitrogens with zero attached hydrogens (tertiary/aromatic N) is 3. The summed E-state index contributed by atoms with van der Waals surface area (Å²) in [5.41, 5.74) is 0.525. The van der Waals surface area contributed by atoms with Crippen molar-refractivity contribution in [2.24, 2.45) is 5.41 Å². The summed E-state index contributed by atoms with van der Waals surface area (Å²) in [5.74, 6) is 0. The van der Waals surface area contributed by atoms with Crippen molar-refractivity contribution in [1.82, 2.24) is 4.90 Å². The van der Waals surface area contributed by atoms with Crippen molar-refractivity contribution in [3.63, 3.8) is 0 Å². The SMILES string of the molecule is CN1CCC(C)(CNc2cccc(C#N)c2[N+](=O)[O-])CC1. The smallest absolute Gasteiger partial charge is 0.309 e. The molecule has 0 saturated carbocycles. The van der Waals surface area contributed by atoms with Gasteiger partial charge in [0.25, 0.3) is 0 Å². The number of hydrogen-bond donors (Lipinski definition) is 1. The maximum absolute atomic E-state index is 11.2. The second kappa shape index (κ2) is 6.10. The minimum Gasteiger partial charge on any atom is -0.379 e. The van der Waals surface area contributed by atoms with Crippen LogP contribution in [0.25, 0.3) is 0 Å². The number of nitro groups is 1. The summed E-state index contributed by atoms with van der Waals surface area (Å²) in [4.78, 5) is 13.0. The van der Waals surface area contributed by atoms with Crippen molar-refractivity contribution in [2.75, 3.05) is 32.0 Å². The summed E-state index contributed by atoms with van der Waals surface area (Å²) in [6.45, 7) is 4.96. The lowest BCUT2D eigenvalue weighted by molar-refractivity contribution is -0.384. The number of rotatable bonds is 4. The predicted molar refractivity (Wildman–Crippen MR) is 81.1 cm³/mol. The zero-order chi connectivity index (χ0) is 15.5. The van der Waals surface area contributed by atoms with Gasteiger partial charge in [0, 0.05) is 6.54 Å². The summed E-state index contributed by atoms with van der Waals surface area (Å²) in [6, 6.07) is 6.69. The molecule has 6 heteroatoms. The van der Waals surface area contributed by atoms with Gasteiger partial charge < -0.3 is 10.2 Å². The zero-order valence-electron chi connectivity index (χ0n) is 12.4. The first-order chi connectivity index (χ1) is 9.95. The third-order valence-corrected chi connectivity index (χ3v) is 4.24. The fraction of sp³-hybridized carbons (Fsp3) is 0.533. The van der Waals surface area contributed by atoms with Crippen LogP contribution in [0.1, 0.15) is 25.3 Å². The molecule has 1 aromatic carbocycles. The van der Waals surface area contributed by atoms with Gasteiger partial charge in [0.2, 0.25) is 0 Å². The molecule has 0 aromatic heterocycles. The van der Waals surface area contributed by atoms with Crippen LogP contribution in [0.2, 0.25) is 0 Å². The third kappa shape index (κ3) is 3.50. The first kappa shape index (κ1) is 15.3. The summed E-state index contributed by atoms with van der Waals surface area (Å²) in [7, 11) is 2.11. The molecular formula is C15H20N4O2. The molecule has 1 aliphatic rings. The molecule has 0 atom stereocenters. The van der Waals surface area contributed by atoms with Gasteiger partial charge in [-0.15, -0.1) is 0 Å². The van der Waals surface area contributed by atoms with Gasteiger partial charge in [-0.2, -0.15) is 5.26 Å². The zero-order valence-corrected chi connectivity index (χ0v) is 12.4. The molecule has 6 nitrogen and oxygen atoms in total.